The van der Waals surface area contributed by atoms with Crippen molar-refractivity contribution in [3.8, 4) is 0 Å². The van der Waals surface area contributed by atoms with Crippen LogP contribution in [0, 0.1) is 0 Å². The molecule has 1 aliphatic rings. The number of allylic oxidation sites excluding steroid dienone is 1. The van der Waals surface area contributed by atoms with Gasteiger partial charge in [-0.15, -0.1) is 0 Å². The van der Waals surface area contributed by atoms with E-state index in [1.165, 1.54) is 0 Å². The molecule has 0 atom stereocenters. The third-order valence-electron chi connectivity index (χ3n) is 1.98. The van der Waals surface area contributed by atoms with E-state index in [2.05, 4.69) is 0 Å². The summed E-state index contributed by atoms with van der Waals surface area (Å²) in [5.41, 5.74) is 1.35. The summed E-state index contributed by atoms with van der Waals surface area (Å²) < 4.78 is 4.82. The molecule has 0 saturated carbocycles. The van der Waals surface area contributed by atoms with Gasteiger partial charge in [-0.1, -0.05) is 29.8 Å². The molecule has 0 amide bonds. The van der Waals surface area contributed by atoms with E-state index in [4.69, 9.17) is 27.9 Å². The van der Waals surface area contributed by atoms with Crippen LogP contribution in [0.5, 0.6) is 0 Å². The highest BCUT2D eigenvalue weighted by molar-refractivity contribution is 6.39. The molecule has 0 unspecified atom stereocenters. The smallest absolute Gasteiger partial charge is 0.344 e. The SMILES string of the molecule is O=C1OC(Cl)=C(Cl)Cc2ccccc21. The predicted octanol–water partition coefficient (Wildman–Crippen LogP) is 3.05. The van der Waals surface area contributed by atoms with Crippen LogP contribution >= 0.6 is 23.2 Å². The number of benzene rings is 1. The van der Waals surface area contributed by atoms with Crippen LogP contribution in [0.2, 0.25) is 0 Å². The minimum absolute atomic E-state index is 0.0344. The fourth-order valence-electron chi connectivity index (χ4n) is 1.30. The maximum atomic E-state index is 11.5. The summed E-state index contributed by atoms with van der Waals surface area (Å²) in [4.78, 5) is 11.5. The number of carbonyl (C=O) groups excluding carboxylic acids is 1. The molecular formula is C10H6Cl2O2. The Bertz CT molecular complexity index is 424. The molecule has 0 radical (unpaired) electrons. The van der Waals surface area contributed by atoms with E-state index in [9.17, 15) is 4.79 Å². The molecule has 0 aliphatic carbocycles. The maximum Gasteiger partial charge on any atom is 0.344 e. The van der Waals surface area contributed by atoms with Crippen LogP contribution in [0.25, 0.3) is 0 Å². The molecule has 1 aromatic rings. The monoisotopic (exact) mass is 228 g/mol. The highest BCUT2D eigenvalue weighted by Gasteiger charge is 2.20. The van der Waals surface area contributed by atoms with Crippen LogP contribution in [0.4, 0.5) is 0 Å². The van der Waals surface area contributed by atoms with Gasteiger partial charge >= 0.3 is 5.97 Å². The van der Waals surface area contributed by atoms with Crippen molar-refractivity contribution in [2.45, 2.75) is 6.42 Å². The van der Waals surface area contributed by atoms with Gasteiger partial charge in [0.15, 0.2) is 0 Å². The second-order valence-corrected chi connectivity index (χ2v) is 3.70. The number of hydrogen-bond donors (Lipinski definition) is 0. The zero-order valence-corrected chi connectivity index (χ0v) is 8.60. The van der Waals surface area contributed by atoms with Gasteiger partial charge in [-0.05, 0) is 23.2 Å². The van der Waals surface area contributed by atoms with E-state index in [1.807, 2.05) is 12.1 Å². The van der Waals surface area contributed by atoms with E-state index in [1.54, 1.807) is 12.1 Å². The molecule has 1 aromatic carbocycles. The highest BCUT2D eigenvalue weighted by Crippen LogP contribution is 2.27. The van der Waals surface area contributed by atoms with Crippen LogP contribution in [0.15, 0.2) is 34.5 Å². The first-order chi connectivity index (χ1) is 6.68. The zero-order chi connectivity index (χ0) is 10.1. The third kappa shape index (κ3) is 1.63. The molecule has 1 heterocycles. The Hall–Kier alpha value is -0.990. The van der Waals surface area contributed by atoms with Crippen LogP contribution in [0.1, 0.15) is 15.9 Å². The summed E-state index contributed by atoms with van der Waals surface area (Å²) in [5.74, 6) is -0.457. The van der Waals surface area contributed by atoms with Crippen molar-refractivity contribution in [2.75, 3.05) is 0 Å². The highest BCUT2D eigenvalue weighted by atomic mass is 35.5. The van der Waals surface area contributed by atoms with Gasteiger partial charge in [0.2, 0.25) is 5.22 Å². The Morgan fingerprint density at radius 3 is 2.71 bits per heavy atom. The number of fused-ring (bicyclic) bond motifs is 1. The lowest BCUT2D eigenvalue weighted by Crippen LogP contribution is -2.03. The fourth-order valence-corrected chi connectivity index (χ4v) is 1.62. The van der Waals surface area contributed by atoms with Crippen molar-refractivity contribution < 1.29 is 9.53 Å². The predicted molar refractivity (Wildman–Crippen MR) is 54.3 cm³/mol. The molecule has 72 valence electrons. The van der Waals surface area contributed by atoms with E-state index in [-0.39, 0.29) is 5.22 Å². The minimum Gasteiger partial charge on any atom is -0.409 e. The lowest BCUT2D eigenvalue weighted by molar-refractivity contribution is 0.0650. The van der Waals surface area contributed by atoms with Crippen molar-refractivity contribution in [2.24, 2.45) is 0 Å². The van der Waals surface area contributed by atoms with Gasteiger partial charge in [0.1, 0.15) is 0 Å². The van der Waals surface area contributed by atoms with Crippen molar-refractivity contribution in [3.63, 3.8) is 0 Å². The Labute approximate surface area is 91.1 Å². The molecule has 4 heteroatoms. The molecule has 1 aliphatic heterocycles. The third-order valence-corrected chi connectivity index (χ3v) is 2.69. The van der Waals surface area contributed by atoms with Crippen molar-refractivity contribution >= 4 is 29.2 Å². The minimum atomic E-state index is -0.457. The summed E-state index contributed by atoms with van der Waals surface area (Å²) in [6.07, 6.45) is 0.433. The topological polar surface area (TPSA) is 26.3 Å². The number of hydrogen-bond acceptors (Lipinski definition) is 2. The number of ether oxygens (including phenoxy) is 1. The lowest BCUT2D eigenvalue weighted by atomic mass is 10.1. The van der Waals surface area contributed by atoms with Gasteiger partial charge in [-0.3, -0.25) is 0 Å². The quantitative estimate of drug-likeness (QED) is 0.639. The molecule has 0 bridgehead atoms. The van der Waals surface area contributed by atoms with E-state index < -0.39 is 5.97 Å². The first kappa shape index (κ1) is 9.56. The van der Waals surface area contributed by atoms with Gasteiger partial charge in [0.05, 0.1) is 10.6 Å². The Balaban J connectivity index is 2.53. The summed E-state index contributed by atoms with van der Waals surface area (Å²) in [7, 11) is 0. The summed E-state index contributed by atoms with van der Waals surface area (Å²) in [6.45, 7) is 0. The normalized spacial score (nSPS) is 16.0. The van der Waals surface area contributed by atoms with E-state index in [0.29, 0.717) is 17.0 Å². The van der Waals surface area contributed by atoms with Crippen molar-refractivity contribution in [1.82, 2.24) is 0 Å². The molecule has 0 fully saturated rings. The average Bonchev–Trinajstić information content (AvgIpc) is 2.27. The first-order valence-electron chi connectivity index (χ1n) is 4.02. The van der Waals surface area contributed by atoms with Gasteiger partial charge in [-0.25, -0.2) is 4.79 Å². The first-order valence-corrected chi connectivity index (χ1v) is 4.78. The molecule has 14 heavy (non-hydrogen) atoms. The number of carbonyl (C=O) groups is 1. The lowest BCUT2D eigenvalue weighted by Gasteiger charge is -2.01. The number of halogens is 2. The molecule has 0 N–H and O–H groups in total. The Morgan fingerprint density at radius 2 is 1.93 bits per heavy atom. The molecule has 0 saturated heterocycles. The summed E-state index contributed by atoms with van der Waals surface area (Å²) >= 11 is 11.5. The van der Waals surface area contributed by atoms with Gasteiger partial charge in [-0.2, -0.15) is 0 Å². The zero-order valence-electron chi connectivity index (χ0n) is 7.09. The molecule has 2 nitrogen and oxygen atoms in total. The van der Waals surface area contributed by atoms with Crippen molar-refractivity contribution in [1.29, 1.82) is 0 Å². The van der Waals surface area contributed by atoms with Gasteiger partial charge < -0.3 is 4.74 Å². The van der Waals surface area contributed by atoms with Crippen LogP contribution in [0.3, 0.4) is 0 Å². The van der Waals surface area contributed by atoms with Crippen LogP contribution in [-0.2, 0) is 11.2 Å². The average molecular weight is 229 g/mol. The van der Waals surface area contributed by atoms with Gasteiger partial charge in [0.25, 0.3) is 0 Å². The standard InChI is InChI=1S/C10H6Cl2O2/c11-8-5-6-3-1-2-4-7(6)10(13)14-9(8)12/h1-4H,5H2. The maximum absolute atomic E-state index is 11.5. The molecule has 0 aromatic heterocycles. The fraction of sp³-hybridized carbons (Fsp3) is 0.100. The molecular weight excluding hydrogens is 223 g/mol. The number of cyclic esters (lactones) is 1. The van der Waals surface area contributed by atoms with Crippen LogP contribution < -0.4 is 0 Å². The van der Waals surface area contributed by atoms with E-state index >= 15 is 0 Å². The van der Waals surface area contributed by atoms with E-state index in [0.717, 1.165) is 5.56 Å². The van der Waals surface area contributed by atoms with Crippen molar-refractivity contribution in [3.05, 3.63) is 45.6 Å². The largest absolute Gasteiger partial charge is 0.409 e. The second kappa shape index (κ2) is 3.64. The second-order valence-electron chi connectivity index (χ2n) is 2.90. The number of rotatable bonds is 0. The van der Waals surface area contributed by atoms with Gasteiger partial charge in [0, 0.05) is 6.42 Å². The number of esters is 1. The van der Waals surface area contributed by atoms with Crippen LogP contribution in [-0.4, -0.2) is 5.97 Å². The summed E-state index contributed by atoms with van der Waals surface area (Å²) in [6, 6.07) is 7.13. The Kier molecular flexibility index (Phi) is 2.48. The molecule has 0 spiro atoms. The molecule has 2 rings (SSSR count). The summed E-state index contributed by atoms with van der Waals surface area (Å²) in [5, 5.41) is 0.317. The Morgan fingerprint density at radius 1 is 1.21 bits per heavy atom.